The van der Waals surface area contributed by atoms with Gasteiger partial charge < -0.3 is 10.5 Å². The average Bonchev–Trinajstić information content (AvgIpc) is 2.16. The van der Waals surface area contributed by atoms with Crippen LogP contribution in [0.4, 0.5) is 4.39 Å². The fourth-order valence-electron chi connectivity index (χ4n) is 1.58. The second-order valence-corrected chi connectivity index (χ2v) is 3.37. The Balaban J connectivity index is 2.27. The lowest BCUT2D eigenvalue weighted by atomic mass is 9.97. The van der Waals surface area contributed by atoms with E-state index in [1.807, 2.05) is 0 Å². The minimum Gasteiger partial charge on any atom is -0.493 e. The number of rotatable bonds is 1. The summed E-state index contributed by atoms with van der Waals surface area (Å²) in [5.74, 6) is 0.917. The molecule has 1 heterocycles. The van der Waals surface area contributed by atoms with Crippen LogP contribution in [0.2, 0.25) is 0 Å². The summed E-state index contributed by atoms with van der Waals surface area (Å²) in [5, 5.41) is 0. The minimum atomic E-state index is -0.208. The first-order chi connectivity index (χ1) is 6.29. The third-order valence-electron chi connectivity index (χ3n) is 2.34. The SMILES string of the molecule is NC[C@@H]1COc2ccc(F)cc2C1. The van der Waals surface area contributed by atoms with Crippen LogP contribution in [0.3, 0.4) is 0 Å². The summed E-state index contributed by atoms with van der Waals surface area (Å²) in [6, 6.07) is 4.62. The van der Waals surface area contributed by atoms with Gasteiger partial charge in [-0.1, -0.05) is 0 Å². The van der Waals surface area contributed by atoms with Gasteiger partial charge in [0.05, 0.1) is 6.61 Å². The maximum atomic E-state index is 12.8. The van der Waals surface area contributed by atoms with Crippen LogP contribution in [-0.2, 0) is 6.42 Å². The number of fused-ring (bicyclic) bond motifs is 1. The quantitative estimate of drug-likeness (QED) is 0.709. The van der Waals surface area contributed by atoms with Gasteiger partial charge in [0.15, 0.2) is 0 Å². The highest BCUT2D eigenvalue weighted by Crippen LogP contribution is 2.27. The lowest BCUT2D eigenvalue weighted by Crippen LogP contribution is -2.27. The summed E-state index contributed by atoms with van der Waals surface area (Å²) < 4.78 is 18.3. The Morgan fingerprint density at radius 3 is 3.15 bits per heavy atom. The number of halogens is 1. The van der Waals surface area contributed by atoms with E-state index in [4.69, 9.17) is 10.5 Å². The lowest BCUT2D eigenvalue weighted by Gasteiger charge is -2.23. The van der Waals surface area contributed by atoms with Gasteiger partial charge in [0, 0.05) is 5.92 Å². The molecule has 0 unspecified atom stereocenters. The molecule has 0 amide bonds. The number of ether oxygens (including phenoxy) is 1. The van der Waals surface area contributed by atoms with Crippen molar-refractivity contribution in [2.75, 3.05) is 13.2 Å². The highest BCUT2D eigenvalue weighted by Gasteiger charge is 2.18. The molecular formula is C10H12FNO. The third-order valence-corrected chi connectivity index (χ3v) is 2.34. The van der Waals surface area contributed by atoms with Gasteiger partial charge in [-0.05, 0) is 36.7 Å². The zero-order chi connectivity index (χ0) is 9.26. The predicted octanol–water partition coefficient (Wildman–Crippen LogP) is 1.34. The molecular weight excluding hydrogens is 169 g/mol. The molecule has 13 heavy (non-hydrogen) atoms. The first-order valence-electron chi connectivity index (χ1n) is 4.41. The zero-order valence-corrected chi connectivity index (χ0v) is 7.29. The second kappa shape index (κ2) is 3.34. The van der Waals surface area contributed by atoms with Crippen LogP contribution in [-0.4, -0.2) is 13.2 Å². The predicted molar refractivity (Wildman–Crippen MR) is 48.1 cm³/mol. The van der Waals surface area contributed by atoms with Crippen LogP contribution in [0.25, 0.3) is 0 Å². The molecule has 2 rings (SSSR count). The lowest BCUT2D eigenvalue weighted by molar-refractivity contribution is 0.226. The van der Waals surface area contributed by atoms with Crippen LogP contribution >= 0.6 is 0 Å². The van der Waals surface area contributed by atoms with Crippen LogP contribution in [0.1, 0.15) is 5.56 Å². The van der Waals surface area contributed by atoms with Crippen molar-refractivity contribution in [2.45, 2.75) is 6.42 Å². The highest BCUT2D eigenvalue weighted by atomic mass is 19.1. The molecule has 2 N–H and O–H groups in total. The molecule has 2 nitrogen and oxygen atoms in total. The van der Waals surface area contributed by atoms with Crippen LogP contribution in [0.15, 0.2) is 18.2 Å². The molecule has 1 aromatic rings. The molecule has 0 saturated heterocycles. The summed E-state index contributed by atoms with van der Waals surface area (Å²) in [6.07, 6.45) is 0.823. The first-order valence-corrected chi connectivity index (χ1v) is 4.41. The molecule has 0 radical (unpaired) electrons. The molecule has 0 saturated carbocycles. The Morgan fingerprint density at radius 2 is 2.38 bits per heavy atom. The molecule has 1 aromatic carbocycles. The molecule has 0 fully saturated rings. The van der Waals surface area contributed by atoms with Gasteiger partial charge in [0.25, 0.3) is 0 Å². The maximum absolute atomic E-state index is 12.8. The molecule has 1 atom stereocenters. The monoisotopic (exact) mass is 181 g/mol. The smallest absolute Gasteiger partial charge is 0.123 e. The van der Waals surface area contributed by atoms with Crippen LogP contribution in [0, 0.1) is 11.7 Å². The van der Waals surface area contributed by atoms with E-state index in [0.717, 1.165) is 17.7 Å². The van der Waals surface area contributed by atoms with Crippen molar-refractivity contribution in [2.24, 2.45) is 11.7 Å². The third kappa shape index (κ3) is 1.65. The summed E-state index contributed by atoms with van der Waals surface area (Å²) >= 11 is 0. The Hall–Kier alpha value is -1.09. The molecule has 70 valence electrons. The van der Waals surface area contributed by atoms with Gasteiger partial charge in [0.2, 0.25) is 0 Å². The average molecular weight is 181 g/mol. The molecule has 3 heteroatoms. The standard InChI is InChI=1S/C10H12FNO/c11-9-1-2-10-8(4-9)3-7(5-12)6-13-10/h1-2,4,7H,3,5-6,12H2/t7-/m1/s1. The Labute approximate surface area is 76.5 Å². The summed E-state index contributed by atoms with van der Waals surface area (Å²) in [4.78, 5) is 0. The molecule has 1 aliphatic heterocycles. The minimum absolute atomic E-state index is 0.208. The van der Waals surface area contributed by atoms with E-state index in [1.165, 1.54) is 12.1 Å². The number of nitrogens with two attached hydrogens (primary N) is 1. The van der Waals surface area contributed by atoms with Crippen molar-refractivity contribution in [1.29, 1.82) is 0 Å². The largest absolute Gasteiger partial charge is 0.493 e. The second-order valence-electron chi connectivity index (χ2n) is 3.37. The number of benzene rings is 1. The first kappa shape index (κ1) is 8.51. The van der Waals surface area contributed by atoms with Gasteiger partial charge in [0.1, 0.15) is 11.6 Å². The number of hydrogen-bond acceptors (Lipinski definition) is 2. The van der Waals surface area contributed by atoms with Crippen molar-refractivity contribution in [3.8, 4) is 5.75 Å². The van der Waals surface area contributed by atoms with Gasteiger partial charge in [-0.25, -0.2) is 4.39 Å². The fraction of sp³-hybridized carbons (Fsp3) is 0.400. The van der Waals surface area contributed by atoms with Crippen molar-refractivity contribution in [3.05, 3.63) is 29.6 Å². The summed E-state index contributed by atoms with van der Waals surface area (Å²) in [5.41, 5.74) is 6.46. The molecule has 0 aromatic heterocycles. The van der Waals surface area contributed by atoms with E-state index < -0.39 is 0 Å². The topological polar surface area (TPSA) is 35.2 Å². The zero-order valence-electron chi connectivity index (χ0n) is 7.29. The van der Waals surface area contributed by atoms with E-state index in [0.29, 0.717) is 19.1 Å². The normalized spacial score (nSPS) is 20.6. The van der Waals surface area contributed by atoms with Crippen molar-refractivity contribution >= 4 is 0 Å². The van der Waals surface area contributed by atoms with Gasteiger partial charge >= 0.3 is 0 Å². The molecule has 0 bridgehead atoms. The molecule has 0 spiro atoms. The van der Waals surface area contributed by atoms with E-state index in [9.17, 15) is 4.39 Å². The van der Waals surface area contributed by atoms with Crippen molar-refractivity contribution in [3.63, 3.8) is 0 Å². The fourth-order valence-corrected chi connectivity index (χ4v) is 1.58. The van der Waals surface area contributed by atoms with E-state index >= 15 is 0 Å². The van der Waals surface area contributed by atoms with Crippen molar-refractivity contribution < 1.29 is 9.13 Å². The molecule has 1 aliphatic rings. The Kier molecular flexibility index (Phi) is 2.19. The van der Waals surface area contributed by atoms with Gasteiger partial charge in [-0.2, -0.15) is 0 Å². The van der Waals surface area contributed by atoms with E-state index in [-0.39, 0.29) is 5.82 Å². The highest BCUT2D eigenvalue weighted by molar-refractivity contribution is 5.35. The maximum Gasteiger partial charge on any atom is 0.123 e. The van der Waals surface area contributed by atoms with Crippen LogP contribution < -0.4 is 10.5 Å². The van der Waals surface area contributed by atoms with E-state index in [2.05, 4.69) is 0 Å². The Morgan fingerprint density at radius 1 is 1.54 bits per heavy atom. The van der Waals surface area contributed by atoms with E-state index in [1.54, 1.807) is 6.07 Å². The summed E-state index contributed by atoms with van der Waals surface area (Å²) in [6.45, 7) is 1.24. The van der Waals surface area contributed by atoms with Gasteiger partial charge in [-0.15, -0.1) is 0 Å². The van der Waals surface area contributed by atoms with Crippen LogP contribution in [0.5, 0.6) is 5.75 Å². The number of hydrogen-bond donors (Lipinski definition) is 1. The molecule has 0 aliphatic carbocycles. The van der Waals surface area contributed by atoms with Crippen molar-refractivity contribution in [1.82, 2.24) is 0 Å². The van der Waals surface area contributed by atoms with Gasteiger partial charge in [-0.3, -0.25) is 0 Å². The Bertz CT molecular complexity index is 314. The summed E-state index contributed by atoms with van der Waals surface area (Å²) in [7, 11) is 0.